The van der Waals surface area contributed by atoms with E-state index in [1.54, 1.807) is 30.3 Å². The summed E-state index contributed by atoms with van der Waals surface area (Å²) in [7, 11) is 0. The van der Waals surface area contributed by atoms with Crippen molar-refractivity contribution in [3.8, 4) is 0 Å². The van der Waals surface area contributed by atoms with Gasteiger partial charge in [-0.2, -0.15) is 5.10 Å². The second kappa shape index (κ2) is 4.75. The summed E-state index contributed by atoms with van der Waals surface area (Å²) in [5.74, 6) is -0.261. The Balaban J connectivity index is 2.16. The number of hydrogen-bond donors (Lipinski definition) is 3. The summed E-state index contributed by atoms with van der Waals surface area (Å²) in [6.45, 7) is 0. The van der Waals surface area contributed by atoms with Crippen molar-refractivity contribution in [2.24, 2.45) is 5.73 Å². The Morgan fingerprint density at radius 3 is 2.88 bits per heavy atom. The monoisotopic (exact) mass is 246 g/mol. The third kappa shape index (κ3) is 2.67. The highest BCUT2D eigenvalue weighted by Gasteiger charge is 2.07. The summed E-state index contributed by atoms with van der Waals surface area (Å²) in [6.07, 6.45) is 1.51. The Labute approximate surface area is 103 Å². The normalized spacial score (nSPS) is 9.88. The maximum atomic E-state index is 11.7. The van der Waals surface area contributed by atoms with Gasteiger partial charge in [-0.3, -0.25) is 9.89 Å². The molecule has 0 spiro atoms. The van der Waals surface area contributed by atoms with Crippen LogP contribution in [0.2, 0.25) is 0 Å². The zero-order valence-electron chi connectivity index (χ0n) is 8.81. The number of nitrogens with zero attached hydrogens (tertiary/aromatic N) is 1. The molecule has 6 heteroatoms. The first kappa shape index (κ1) is 11.3. The van der Waals surface area contributed by atoms with Crippen molar-refractivity contribution in [2.45, 2.75) is 0 Å². The van der Waals surface area contributed by atoms with E-state index in [4.69, 9.17) is 18.0 Å². The van der Waals surface area contributed by atoms with Gasteiger partial charge in [0.25, 0.3) is 5.91 Å². The van der Waals surface area contributed by atoms with E-state index < -0.39 is 0 Å². The number of amides is 1. The molecule has 1 amide bonds. The molecule has 86 valence electrons. The predicted octanol–water partition coefficient (Wildman–Crippen LogP) is 1.30. The molecule has 0 saturated heterocycles. The summed E-state index contributed by atoms with van der Waals surface area (Å²) < 4.78 is 0. The fourth-order valence-electron chi connectivity index (χ4n) is 1.33. The number of hydrogen-bond acceptors (Lipinski definition) is 3. The molecule has 17 heavy (non-hydrogen) atoms. The first-order chi connectivity index (χ1) is 8.16. The summed E-state index contributed by atoms with van der Waals surface area (Å²) in [5, 5.41) is 9.00. The molecule has 0 unspecified atom stereocenters. The molecule has 1 heterocycles. The van der Waals surface area contributed by atoms with Crippen molar-refractivity contribution >= 4 is 28.8 Å². The molecular weight excluding hydrogens is 236 g/mol. The number of anilines is 1. The highest BCUT2D eigenvalue weighted by Crippen LogP contribution is 2.11. The van der Waals surface area contributed by atoms with Crippen molar-refractivity contribution in [1.82, 2.24) is 10.2 Å². The summed E-state index contributed by atoms with van der Waals surface area (Å²) >= 11 is 4.86. The van der Waals surface area contributed by atoms with Gasteiger partial charge in [0, 0.05) is 17.4 Å². The summed E-state index contributed by atoms with van der Waals surface area (Å²) in [4.78, 5) is 12.0. The number of nitrogens with two attached hydrogens (primary N) is 1. The van der Waals surface area contributed by atoms with E-state index in [0.29, 0.717) is 21.9 Å². The van der Waals surface area contributed by atoms with Gasteiger partial charge in [0.15, 0.2) is 0 Å². The highest BCUT2D eigenvalue weighted by molar-refractivity contribution is 7.80. The van der Waals surface area contributed by atoms with Crippen molar-refractivity contribution in [3.63, 3.8) is 0 Å². The quantitative estimate of drug-likeness (QED) is 0.713. The van der Waals surface area contributed by atoms with Gasteiger partial charge in [0.2, 0.25) is 0 Å². The van der Waals surface area contributed by atoms with Gasteiger partial charge in [0.1, 0.15) is 10.7 Å². The van der Waals surface area contributed by atoms with Crippen LogP contribution >= 0.6 is 12.2 Å². The lowest BCUT2D eigenvalue weighted by atomic mass is 10.2. The van der Waals surface area contributed by atoms with E-state index in [2.05, 4.69) is 15.5 Å². The third-order valence-electron chi connectivity index (χ3n) is 2.15. The number of aromatic nitrogens is 2. The topological polar surface area (TPSA) is 83.8 Å². The third-order valence-corrected chi connectivity index (χ3v) is 2.39. The van der Waals surface area contributed by atoms with E-state index in [9.17, 15) is 4.79 Å². The van der Waals surface area contributed by atoms with Gasteiger partial charge < -0.3 is 11.1 Å². The van der Waals surface area contributed by atoms with Crippen molar-refractivity contribution in [1.29, 1.82) is 0 Å². The van der Waals surface area contributed by atoms with Gasteiger partial charge in [-0.1, -0.05) is 24.4 Å². The molecule has 0 radical (unpaired) electrons. The SMILES string of the molecule is NC(=S)c1cccc(NC(=O)c2ccn[nH]2)c1. The number of thiocarbonyl (C=S) groups is 1. The van der Waals surface area contributed by atoms with E-state index in [0.717, 1.165) is 0 Å². The largest absolute Gasteiger partial charge is 0.389 e. The summed E-state index contributed by atoms with van der Waals surface area (Å²) in [5.41, 5.74) is 7.25. The first-order valence-electron chi connectivity index (χ1n) is 4.87. The lowest BCUT2D eigenvalue weighted by molar-refractivity contribution is 0.102. The molecule has 0 aliphatic carbocycles. The Morgan fingerprint density at radius 1 is 1.41 bits per heavy atom. The fraction of sp³-hybridized carbons (Fsp3) is 0. The average molecular weight is 246 g/mol. The first-order valence-corrected chi connectivity index (χ1v) is 5.28. The van der Waals surface area contributed by atoms with Crippen LogP contribution in [0, 0.1) is 0 Å². The van der Waals surface area contributed by atoms with Crippen LogP contribution in [0.5, 0.6) is 0 Å². The smallest absolute Gasteiger partial charge is 0.273 e. The van der Waals surface area contributed by atoms with Crippen LogP contribution in [0.15, 0.2) is 36.5 Å². The van der Waals surface area contributed by atoms with Gasteiger partial charge in [-0.15, -0.1) is 0 Å². The summed E-state index contributed by atoms with van der Waals surface area (Å²) in [6, 6.07) is 8.63. The van der Waals surface area contributed by atoms with Gasteiger partial charge in [0.05, 0.1) is 0 Å². The van der Waals surface area contributed by atoms with Crippen LogP contribution in [0.4, 0.5) is 5.69 Å². The highest BCUT2D eigenvalue weighted by atomic mass is 32.1. The molecule has 0 bridgehead atoms. The molecule has 2 rings (SSSR count). The molecule has 0 saturated carbocycles. The Morgan fingerprint density at radius 2 is 2.24 bits per heavy atom. The number of nitrogens with one attached hydrogen (secondary N) is 2. The number of benzene rings is 1. The number of H-pyrrole nitrogens is 1. The second-order valence-electron chi connectivity index (χ2n) is 3.37. The van der Waals surface area contributed by atoms with Crippen molar-refractivity contribution in [2.75, 3.05) is 5.32 Å². The predicted molar refractivity (Wildman–Crippen MR) is 68.9 cm³/mol. The van der Waals surface area contributed by atoms with E-state index >= 15 is 0 Å². The maximum absolute atomic E-state index is 11.7. The Kier molecular flexibility index (Phi) is 3.15. The molecule has 1 aromatic heterocycles. The van der Waals surface area contributed by atoms with Crippen LogP contribution in [0.3, 0.4) is 0 Å². The Hall–Kier alpha value is -2.21. The lowest BCUT2D eigenvalue weighted by Gasteiger charge is -2.05. The number of rotatable bonds is 3. The minimum absolute atomic E-state index is 0.261. The van der Waals surface area contributed by atoms with Crippen LogP contribution < -0.4 is 11.1 Å². The number of aromatic amines is 1. The zero-order chi connectivity index (χ0) is 12.3. The Bertz CT molecular complexity index is 550. The average Bonchev–Trinajstić information content (AvgIpc) is 2.82. The second-order valence-corrected chi connectivity index (χ2v) is 3.81. The minimum Gasteiger partial charge on any atom is -0.389 e. The minimum atomic E-state index is -0.261. The van der Waals surface area contributed by atoms with Gasteiger partial charge in [-0.25, -0.2) is 0 Å². The van der Waals surface area contributed by atoms with E-state index in [1.165, 1.54) is 6.20 Å². The van der Waals surface area contributed by atoms with Crippen LogP contribution in [0.1, 0.15) is 16.1 Å². The fourth-order valence-corrected chi connectivity index (χ4v) is 1.46. The molecular formula is C11H10N4OS. The van der Waals surface area contributed by atoms with Crippen molar-refractivity contribution < 1.29 is 4.79 Å². The molecule has 4 N–H and O–H groups in total. The maximum Gasteiger partial charge on any atom is 0.273 e. The number of carbonyl (C=O) groups is 1. The van der Waals surface area contributed by atoms with Crippen LogP contribution in [-0.2, 0) is 0 Å². The van der Waals surface area contributed by atoms with Crippen molar-refractivity contribution in [3.05, 3.63) is 47.8 Å². The molecule has 0 atom stereocenters. The van der Waals surface area contributed by atoms with Gasteiger partial charge in [-0.05, 0) is 18.2 Å². The van der Waals surface area contributed by atoms with E-state index in [1.807, 2.05) is 0 Å². The molecule has 5 nitrogen and oxygen atoms in total. The molecule has 0 aliphatic heterocycles. The molecule has 2 aromatic rings. The van der Waals surface area contributed by atoms with E-state index in [-0.39, 0.29) is 5.91 Å². The number of carbonyl (C=O) groups excluding carboxylic acids is 1. The standard InChI is InChI=1S/C11H10N4OS/c12-10(17)7-2-1-3-8(6-7)14-11(16)9-4-5-13-15-9/h1-6H,(H2,12,17)(H,13,15)(H,14,16). The van der Waals surface area contributed by atoms with Gasteiger partial charge >= 0.3 is 0 Å². The van der Waals surface area contributed by atoms with Crippen LogP contribution in [0.25, 0.3) is 0 Å². The molecule has 1 aromatic carbocycles. The molecule has 0 fully saturated rings. The lowest BCUT2D eigenvalue weighted by Crippen LogP contribution is -2.14. The van der Waals surface area contributed by atoms with Crippen LogP contribution in [-0.4, -0.2) is 21.1 Å². The zero-order valence-corrected chi connectivity index (χ0v) is 9.62. The molecule has 0 aliphatic rings.